The van der Waals surface area contributed by atoms with Gasteiger partial charge in [-0.15, -0.1) is 0 Å². The van der Waals surface area contributed by atoms with Gasteiger partial charge in [-0.3, -0.25) is 9.59 Å². The molecule has 1 saturated heterocycles. The predicted molar refractivity (Wildman–Crippen MR) is 150 cm³/mol. The van der Waals surface area contributed by atoms with Crippen LogP contribution in [0.1, 0.15) is 90.1 Å². The van der Waals surface area contributed by atoms with Crippen molar-refractivity contribution in [3.8, 4) is 11.5 Å². The van der Waals surface area contributed by atoms with Crippen molar-refractivity contribution in [2.24, 2.45) is 17.8 Å². The molecule has 1 N–H and O–H groups in total. The molecular formula is C30H45F3N2O8. The van der Waals surface area contributed by atoms with Crippen LogP contribution in [0.25, 0.3) is 0 Å². The smallest absolute Gasteiger partial charge is 0.389 e. The van der Waals surface area contributed by atoms with Gasteiger partial charge < -0.3 is 29.0 Å². The normalized spacial score (nSPS) is 21.4. The quantitative estimate of drug-likeness (QED) is 0.161. The van der Waals surface area contributed by atoms with Crippen molar-refractivity contribution in [1.29, 1.82) is 0 Å². The summed E-state index contributed by atoms with van der Waals surface area (Å²) in [6.07, 6.45) is -2.34. The molecular weight excluding hydrogens is 573 g/mol. The Morgan fingerprint density at radius 2 is 1.91 bits per heavy atom. The number of hydrogen-bond acceptors (Lipinski definition) is 9. The lowest BCUT2D eigenvalue weighted by molar-refractivity contribution is -0.162. The van der Waals surface area contributed by atoms with Crippen molar-refractivity contribution in [3.05, 3.63) is 18.0 Å². The maximum absolute atomic E-state index is 13.3. The third-order valence-corrected chi connectivity index (χ3v) is 7.10. The minimum absolute atomic E-state index is 0.0425. The Hall–Kier alpha value is -3.09. The number of amides is 1. The van der Waals surface area contributed by atoms with Crippen LogP contribution in [0.4, 0.5) is 13.2 Å². The lowest BCUT2D eigenvalue weighted by Gasteiger charge is -2.31. The second kappa shape index (κ2) is 17.3. The molecule has 0 spiro atoms. The second-order valence-electron chi connectivity index (χ2n) is 11.5. The number of methoxy groups -OCH3 is 1. The van der Waals surface area contributed by atoms with E-state index in [0.29, 0.717) is 18.8 Å². The van der Waals surface area contributed by atoms with E-state index in [1.54, 1.807) is 20.8 Å². The highest BCUT2D eigenvalue weighted by Gasteiger charge is 2.36. The Morgan fingerprint density at radius 1 is 1.19 bits per heavy atom. The highest BCUT2D eigenvalue weighted by molar-refractivity contribution is 5.98. The molecule has 43 heavy (non-hydrogen) atoms. The lowest BCUT2D eigenvalue weighted by atomic mass is 9.86. The first-order valence-corrected chi connectivity index (χ1v) is 14.8. The molecule has 1 aliphatic rings. The number of rotatable bonds is 14. The van der Waals surface area contributed by atoms with E-state index >= 15 is 0 Å². The van der Waals surface area contributed by atoms with Crippen molar-refractivity contribution < 1.29 is 51.2 Å². The number of aromatic nitrogens is 1. The monoisotopic (exact) mass is 618 g/mol. The van der Waals surface area contributed by atoms with Gasteiger partial charge in [0.2, 0.25) is 6.79 Å². The number of nitrogens with zero attached hydrogens (tertiary/aromatic N) is 1. The van der Waals surface area contributed by atoms with Gasteiger partial charge in [0.1, 0.15) is 12.1 Å². The van der Waals surface area contributed by atoms with E-state index in [4.69, 9.17) is 23.7 Å². The Kier molecular flexibility index (Phi) is 14.5. The van der Waals surface area contributed by atoms with Gasteiger partial charge in [0.15, 0.2) is 17.2 Å². The number of alkyl halides is 3. The maximum atomic E-state index is 13.3. The SMILES string of the molecule is COc1ccnc(C(=O)N[C@H]2CCC[C@H](CCC(C)C)[C@@H](OCCCC(F)(F)F)[C@H](C)OC2=O)c1OCOC(=O)C(C)C. The molecule has 1 amide bonds. The largest absolute Gasteiger partial charge is 0.493 e. The summed E-state index contributed by atoms with van der Waals surface area (Å²) in [6, 6.07) is 0.447. The molecule has 2 rings (SSSR count). The summed E-state index contributed by atoms with van der Waals surface area (Å²) >= 11 is 0. The van der Waals surface area contributed by atoms with Crippen LogP contribution in [0.2, 0.25) is 0 Å². The number of carbonyl (C=O) groups excluding carboxylic acids is 3. The Balaban J connectivity index is 2.18. The zero-order valence-corrected chi connectivity index (χ0v) is 25.8. The summed E-state index contributed by atoms with van der Waals surface area (Å²) in [6.45, 7) is 8.57. The van der Waals surface area contributed by atoms with Crippen molar-refractivity contribution in [1.82, 2.24) is 10.3 Å². The molecule has 13 heteroatoms. The second-order valence-corrected chi connectivity index (χ2v) is 11.5. The third kappa shape index (κ3) is 12.2. The number of cyclic esters (lactones) is 1. The van der Waals surface area contributed by atoms with Gasteiger partial charge >= 0.3 is 18.1 Å². The summed E-state index contributed by atoms with van der Waals surface area (Å²) in [7, 11) is 1.37. The molecule has 10 nitrogen and oxygen atoms in total. The van der Waals surface area contributed by atoms with Crippen LogP contribution in [-0.4, -0.2) is 67.8 Å². The predicted octanol–water partition coefficient (Wildman–Crippen LogP) is 5.62. The van der Waals surface area contributed by atoms with E-state index in [1.165, 1.54) is 19.4 Å². The van der Waals surface area contributed by atoms with E-state index in [2.05, 4.69) is 24.1 Å². The first kappa shape index (κ1) is 36.1. The van der Waals surface area contributed by atoms with E-state index in [9.17, 15) is 27.6 Å². The van der Waals surface area contributed by atoms with Crippen LogP contribution in [0.5, 0.6) is 11.5 Å². The van der Waals surface area contributed by atoms with Gasteiger partial charge in [-0.25, -0.2) is 9.78 Å². The number of esters is 2. The highest BCUT2D eigenvalue weighted by atomic mass is 19.4. The number of halogens is 3. The number of hydrogen-bond donors (Lipinski definition) is 1. The molecule has 0 bridgehead atoms. The van der Waals surface area contributed by atoms with Gasteiger partial charge in [-0.05, 0) is 44.4 Å². The number of ether oxygens (including phenoxy) is 5. The Bertz CT molecular complexity index is 1050. The van der Waals surface area contributed by atoms with Gasteiger partial charge in [-0.1, -0.05) is 40.5 Å². The lowest BCUT2D eigenvalue weighted by Crippen LogP contribution is -2.44. The van der Waals surface area contributed by atoms with Crippen LogP contribution >= 0.6 is 0 Å². The zero-order valence-electron chi connectivity index (χ0n) is 25.8. The van der Waals surface area contributed by atoms with Crippen LogP contribution in [0.15, 0.2) is 12.3 Å². The highest BCUT2D eigenvalue weighted by Crippen LogP contribution is 2.32. The molecule has 0 aromatic carbocycles. The van der Waals surface area contributed by atoms with Gasteiger partial charge in [0.25, 0.3) is 5.91 Å². The number of nitrogens with one attached hydrogen (secondary N) is 1. The van der Waals surface area contributed by atoms with E-state index in [-0.39, 0.29) is 48.5 Å². The molecule has 1 aromatic heterocycles. The zero-order chi connectivity index (χ0) is 32.2. The van der Waals surface area contributed by atoms with E-state index < -0.39 is 55.5 Å². The van der Waals surface area contributed by atoms with Crippen molar-refractivity contribution in [2.45, 2.75) is 104 Å². The minimum Gasteiger partial charge on any atom is -0.493 e. The summed E-state index contributed by atoms with van der Waals surface area (Å²) in [5, 5.41) is 2.67. The van der Waals surface area contributed by atoms with Crippen LogP contribution in [-0.2, 0) is 23.8 Å². The molecule has 0 unspecified atom stereocenters. The molecule has 0 aliphatic carbocycles. The molecule has 1 aromatic rings. The molecule has 1 aliphatic heterocycles. The summed E-state index contributed by atoms with van der Waals surface area (Å²) in [5.41, 5.74) is -0.179. The molecule has 0 radical (unpaired) electrons. The topological polar surface area (TPSA) is 122 Å². The fourth-order valence-electron chi connectivity index (χ4n) is 4.76. The minimum atomic E-state index is -4.27. The average Bonchev–Trinajstić information content (AvgIpc) is 2.97. The summed E-state index contributed by atoms with van der Waals surface area (Å²) in [5.74, 6) is -1.82. The van der Waals surface area contributed by atoms with E-state index in [0.717, 1.165) is 12.8 Å². The van der Waals surface area contributed by atoms with Crippen LogP contribution in [0, 0.1) is 17.8 Å². The van der Waals surface area contributed by atoms with Crippen molar-refractivity contribution >= 4 is 17.8 Å². The fourth-order valence-corrected chi connectivity index (χ4v) is 4.76. The molecule has 2 heterocycles. The van der Waals surface area contributed by atoms with Crippen LogP contribution in [0.3, 0.4) is 0 Å². The van der Waals surface area contributed by atoms with Crippen LogP contribution < -0.4 is 14.8 Å². The average molecular weight is 619 g/mol. The third-order valence-electron chi connectivity index (χ3n) is 7.10. The van der Waals surface area contributed by atoms with Gasteiger partial charge in [0, 0.05) is 25.3 Å². The van der Waals surface area contributed by atoms with E-state index in [1.807, 2.05) is 0 Å². The Morgan fingerprint density at radius 3 is 2.53 bits per heavy atom. The number of carbonyl (C=O) groups is 3. The fraction of sp³-hybridized carbons (Fsp3) is 0.733. The van der Waals surface area contributed by atoms with Gasteiger partial charge in [-0.2, -0.15) is 13.2 Å². The first-order valence-electron chi connectivity index (χ1n) is 14.8. The Labute approximate surface area is 251 Å². The van der Waals surface area contributed by atoms with Crippen molar-refractivity contribution in [3.63, 3.8) is 0 Å². The summed E-state index contributed by atoms with van der Waals surface area (Å²) in [4.78, 5) is 42.5. The van der Waals surface area contributed by atoms with Gasteiger partial charge in [0.05, 0.1) is 19.1 Å². The summed E-state index contributed by atoms with van der Waals surface area (Å²) < 4.78 is 65.5. The molecule has 1 fully saturated rings. The van der Waals surface area contributed by atoms with Crippen molar-refractivity contribution in [2.75, 3.05) is 20.5 Å². The number of pyridine rings is 1. The molecule has 0 saturated carbocycles. The molecule has 4 atom stereocenters. The molecule has 244 valence electrons. The first-order chi connectivity index (χ1) is 20.2. The standard InChI is InChI=1S/C30H45F3N2O8/c1-18(2)11-12-21-9-7-10-22(29(38)43-20(5)25(21)40-16-8-14-30(31,32)33)35-27(36)24-26(23(39-6)13-15-34-24)41-17-42-28(37)19(3)4/h13,15,18-22,25H,7-12,14,16-17H2,1-6H3,(H,35,36)/t20-,21+,22-,25-/m0/s1. The maximum Gasteiger partial charge on any atom is 0.389 e.